The van der Waals surface area contributed by atoms with Gasteiger partial charge >= 0.3 is 0 Å². The summed E-state index contributed by atoms with van der Waals surface area (Å²) in [5.41, 5.74) is 2.29. The monoisotopic (exact) mass is 460 g/mol. The number of ether oxygens (including phenoxy) is 1. The van der Waals surface area contributed by atoms with Gasteiger partial charge in [-0.05, 0) is 25.5 Å². The number of halogens is 1. The van der Waals surface area contributed by atoms with Gasteiger partial charge in [-0.3, -0.25) is 4.99 Å². The Kier molecular flexibility index (Phi) is 9.05. The van der Waals surface area contributed by atoms with Crippen LogP contribution in [0.2, 0.25) is 0 Å². The second-order valence-corrected chi connectivity index (χ2v) is 6.60. The van der Waals surface area contributed by atoms with E-state index in [0.717, 1.165) is 35.2 Å². The fraction of sp³-hybridized carbons (Fsp3) is 0.412. The van der Waals surface area contributed by atoms with Crippen LogP contribution in [0.15, 0.2) is 29.4 Å². The molecule has 0 atom stereocenters. The molecule has 2 N–H and O–H groups in total. The number of methoxy groups -OCH3 is 1. The summed E-state index contributed by atoms with van der Waals surface area (Å²) < 4.78 is 5.43. The number of aryl methyl sites for hydroxylation is 2. The quantitative estimate of drug-likeness (QED) is 0.395. The van der Waals surface area contributed by atoms with Crippen LogP contribution in [0.4, 0.5) is 0 Å². The Balaban J connectivity index is 0.00000288. The molecule has 7 heteroatoms. The van der Waals surface area contributed by atoms with Gasteiger partial charge in [-0.1, -0.05) is 12.1 Å². The minimum absolute atomic E-state index is 0. The number of aliphatic imine (C=N–C) groups is 1. The van der Waals surface area contributed by atoms with E-state index in [2.05, 4.69) is 46.6 Å². The van der Waals surface area contributed by atoms with Gasteiger partial charge in [0.25, 0.3) is 0 Å². The lowest BCUT2D eigenvalue weighted by molar-refractivity contribution is 0.408. The summed E-state index contributed by atoms with van der Waals surface area (Å²) in [7, 11) is 3.47. The van der Waals surface area contributed by atoms with Crippen LogP contribution in [0.5, 0.6) is 5.75 Å². The van der Waals surface area contributed by atoms with E-state index in [-0.39, 0.29) is 24.0 Å². The Bertz CT molecular complexity index is 672. The van der Waals surface area contributed by atoms with Crippen molar-refractivity contribution in [1.29, 1.82) is 0 Å². The smallest absolute Gasteiger partial charge is 0.191 e. The third-order valence-electron chi connectivity index (χ3n) is 3.41. The fourth-order valence-corrected chi connectivity index (χ4v) is 2.99. The number of thiazole rings is 1. The lowest BCUT2D eigenvalue weighted by Gasteiger charge is -2.14. The van der Waals surface area contributed by atoms with Gasteiger partial charge in [0, 0.05) is 43.2 Å². The Morgan fingerprint density at radius 3 is 2.71 bits per heavy atom. The molecule has 0 spiro atoms. The van der Waals surface area contributed by atoms with Crippen LogP contribution in [-0.4, -0.2) is 31.6 Å². The Labute approximate surface area is 165 Å². The van der Waals surface area contributed by atoms with Crippen molar-refractivity contribution in [3.05, 3.63) is 45.4 Å². The molecule has 5 nitrogen and oxygen atoms in total. The molecular formula is C17H25IN4OS. The van der Waals surface area contributed by atoms with E-state index in [1.807, 2.05) is 12.3 Å². The van der Waals surface area contributed by atoms with Gasteiger partial charge in [0.2, 0.25) is 0 Å². The van der Waals surface area contributed by atoms with E-state index in [9.17, 15) is 0 Å². The van der Waals surface area contributed by atoms with Crippen LogP contribution in [0.1, 0.15) is 21.0 Å². The molecule has 0 unspecified atom stereocenters. The fourth-order valence-electron chi connectivity index (χ4n) is 2.20. The standard InChI is InChI=1S/C17H24N4OS.HI/c1-12-5-6-14(15(9-12)22-4)11-21-17(18-3)19-8-7-16-20-10-13(2)23-16;/h5-6,9-10H,7-8,11H2,1-4H3,(H2,18,19,21);1H. The van der Waals surface area contributed by atoms with E-state index in [4.69, 9.17) is 4.74 Å². The molecule has 0 aliphatic heterocycles. The van der Waals surface area contributed by atoms with Gasteiger partial charge in [0.15, 0.2) is 5.96 Å². The number of hydrogen-bond donors (Lipinski definition) is 2. The number of rotatable bonds is 6. The number of benzene rings is 1. The number of nitrogens with zero attached hydrogens (tertiary/aromatic N) is 2. The molecule has 1 heterocycles. The van der Waals surface area contributed by atoms with Gasteiger partial charge in [-0.15, -0.1) is 35.3 Å². The second-order valence-electron chi connectivity index (χ2n) is 5.28. The first-order chi connectivity index (χ1) is 11.1. The van der Waals surface area contributed by atoms with Gasteiger partial charge in [-0.2, -0.15) is 0 Å². The third kappa shape index (κ3) is 6.27. The summed E-state index contributed by atoms with van der Waals surface area (Å²) >= 11 is 1.74. The summed E-state index contributed by atoms with van der Waals surface area (Å²) in [6.07, 6.45) is 2.81. The molecule has 132 valence electrons. The predicted octanol–water partition coefficient (Wildman–Crippen LogP) is 3.29. The normalized spacial score (nSPS) is 10.9. The molecule has 0 amide bonds. The summed E-state index contributed by atoms with van der Waals surface area (Å²) in [5.74, 6) is 1.67. The van der Waals surface area contributed by atoms with Crippen LogP contribution in [0.25, 0.3) is 0 Å². The van der Waals surface area contributed by atoms with Crippen molar-refractivity contribution in [2.75, 3.05) is 20.7 Å². The highest BCUT2D eigenvalue weighted by Gasteiger charge is 2.05. The molecule has 0 saturated heterocycles. The summed E-state index contributed by atoms with van der Waals surface area (Å²) in [6, 6.07) is 6.20. The topological polar surface area (TPSA) is 58.5 Å². The van der Waals surface area contributed by atoms with Gasteiger partial charge in [0.05, 0.1) is 12.1 Å². The van der Waals surface area contributed by atoms with Gasteiger partial charge < -0.3 is 15.4 Å². The molecule has 0 bridgehead atoms. The lowest BCUT2D eigenvalue weighted by atomic mass is 10.1. The average molecular weight is 460 g/mol. The van der Waals surface area contributed by atoms with Gasteiger partial charge in [-0.25, -0.2) is 4.98 Å². The van der Waals surface area contributed by atoms with Crippen LogP contribution in [0, 0.1) is 13.8 Å². The highest BCUT2D eigenvalue weighted by molar-refractivity contribution is 14.0. The Morgan fingerprint density at radius 1 is 1.29 bits per heavy atom. The summed E-state index contributed by atoms with van der Waals surface area (Å²) in [5, 5.41) is 7.77. The maximum absolute atomic E-state index is 5.43. The van der Waals surface area contributed by atoms with Gasteiger partial charge in [0.1, 0.15) is 5.75 Å². The minimum Gasteiger partial charge on any atom is -0.496 e. The van der Waals surface area contributed by atoms with Crippen LogP contribution >= 0.6 is 35.3 Å². The zero-order chi connectivity index (χ0) is 16.7. The second kappa shape index (κ2) is 10.5. The Morgan fingerprint density at radius 2 is 2.08 bits per heavy atom. The molecular weight excluding hydrogens is 435 g/mol. The Hall–Kier alpha value is -1.35. The highest BCUT2D eigenvalue weighted by atomic mass is 127. The van der Waals surface area contributed by atoms with E-state index in [0.29, 0.717) is 6.54 Å². The number of guanidine groups is 1. The lowest BCUT2D eigenvalue weighted by Crippen LogP contribution is -2.37. The molecule has 2 rings (SSSR count). The SMILES string of the molecule is CN=C(NCCc1ncc(C)s1)NCc1ccc(C)cc1OC.I. The number of hydrogen-bond acceptors (Lipinski definition) is 4. The summed E-state index contributed by atoms with van der Waals surface area (Å²) in [6.45, 7) is 5.60. The molecule has 1 aromatic carbocycles. The molecule has 0 fully saturated rings. The van der Waals surface area contributed by atoms with E-state index >= 15 is 0 Å². The minimum atomic E-state index is 0. The molecule has 0 radical (unpaired) electrons. The predicted molar refractivity (Wildman–Crippen MR) is 112 cm³/mol. The van der Waals surface area contributed by atoms with Crippen molar-refractivity contribution in [1.82, 2.24) is 15.6 Å². The van der Waals surface area contributed by atoms with Crippen molar-refractivity contribution in [3.8, 4) is 5.75 Å². The maximum atomic E-state index is 5.43. The van der Waals surface area contributed by atoms with E-state index in [1.54, 1.807) is 25.5 Å². The molecule has 1 aromatic heterocycles. The van der Waals surface area contributed by atoms with Crippen LogP contribution in [-0.2, 0) is 13.0 Å². The average Bonchev–Trinajstić information content (AvgIpc) is 2.96. The van der Waals surface area contributed by atoms with Crippen LogP contribution in [0.3, 0.4) is 0 Å². The zero-order valence-corrected chi connectivity index (χ0v) is 17.7. The highest BCUT2D eigenvalue weighted by Crippen LogP contribution is 2.19. The van der Waals surface area contributed by atoms with Crippen molar-refractivity contribution < 1.29 is 4.74 Å². The van der Waals surface area contributed by atoms with E-state index < -0.39 is 0 Å². The first-order valence-electron chi connectivity index (χ1n) is 7.61. The molecule has 0 aliphatic carbocycles. The number of aromatic nitrogens is 1. The largest absolute Gasteiger partial charge is 0.496 e. The molecule has 0 saturated carbocycles. The van der Waals surface area contributed by atoms with Crippen molar-refractivity contribution in [2.24, 2.45) is 4.99 Å². The first kappa shape index (κ1) is 20.7. The van der Waals surface area contributed by atoms with Crippen molar-refractivity contribution >= 4 is 41.3 Å². The summed E-state index contributed by atoms with van der Waals surface area (Å²) in [4.78, 5) is 9.86. The third-order valence-corrected chi connectivity index (χ3v) is 4.39. The molecule has 24 heavy (non-hydrogen) atoms. The molecule has 0 aliphatic rings. The molecule has 2 aromatic rings. The number of nitrogens with one attached hydrogen (secondary N) is 2. The van der Waals surface area contributed by atoms with Crippen molar-refractivity contribution in [2.45, 2.75) is 26.8 Å². The maximum Gasteiger partial charge on any atom is 0.191 e. The van der Waals surface area contributed by atoms with Crippen molar-refractivity contribution in [3.63, 3.8) is 0 Å². The van der Waals surface area contributed by atoms with Crippen LogP contribution < -0.4 is 15.4 Å². The van der Waals surface area contributed by atoms with E-state index in [1.165, 1.54) is 10.4 Å². The zero-order valence-electron chi connectivity index (χ0n) is 14.5. The first-order valence-corrected chi connectivity index (χ1v) is 8.43.